The van der Waals surface area contributed by atoms with Crippen LogP contribution in [0.1, 0.15) is 48.0 Å². The first-order valence-corrected chi connectivity index (χ1v) is 10.9. The van der Waals surface area contributed by atoms with Crippen LogP contribution in [0.15, 0.2) is 65.8 Å². The van der Waals surface area contributed by atoms with Crippen molar-refractivity contribution >= 4 is 28.9 Å². The predicted octanol–water partition coefficient (Wildman–Crippen LogP) is 5.10. The van der Waals surface area contributed by atoms with E-state index in [0.29, 0.717) is 22.6 Å². The van der Waals surface area contributed by atoms with Crippen molar-refractivity contribution in [3.05, 3.63) is 71.8 Å². The fraction of sp³-hybridized carbons (Fsp3) is 0.269. The van der Waals surface area contributed by atoms with Crippen LogP contribution >= 0.6 is 0 Å². The van der Waals surface area contributed by atoms with Crippen LogP contribution in [0.3, 0.4) is 0 Å². The molecular weight excluding hydrogens is 404 g/mol. The summed E-state index contributed by atoms with van der Waals surface area (Å²) in [5, 5.41) is 6.06. The van der Waals surface area contributed by atoms with Crippen molar-refractivity contribution in [3.63, 3.8) is 0 Å². The van der Waals surface area contributed by atoms with E-state index in [1.54, 1.807) is 43.7 Å². The Hall–Kier alpha value is -3.67. The fourth-order valence-corrected chi connectivity index (χ4v) is 4.00. The van der Waals surface area contributed by atoms with Gasteiger partial charge in [-0.1, -0.05) is 49.6 Å². The summed E-state index contributed by atoms with van der Waals surface area (Å²) >= 11 is 0. The summed E-state index contributed by atoms with van der Waals surface area (Å²) in [7, 11) is 1.57. The minimum absolute atomic E-state index is 0.0146. The number of hydrogen-bond acceptors (Lipinski definition) is 5. The number of hydrogen-bond donors (Lipinski definition) is 1. The second kappa shape index (κ2) is 10.1. The Morgan fingerprint density at radius 3 is 2.47 bits per heavy atom. The Labute approximate surface area is 187 Å². The summed E-state index contributed by atoms with van der Waals surface area (Å²) in [5.41, 5.74) is 3.71. The maximum Gasteiger partial charge on any atom is 0.343 e. The van der Waals surface area contributed by atoms with Gasteiger partial charge in [-0.25, -0.2) is 10.2 Å². The highest BCUT2D eigenvalue weighted by Gasteiger charge is 2.20. The molecule has 0 atom stereocenters. The minimum atomic E-state index is -0.483. The molecule has 32 heavy (non-hydrogen) atoms. The third-order valence-corrected chi connectivity index (χ3v) is 5.80. The summed E-state index contributed by atoms with van der Waals surface area (Å²) in [6.45, 7) is 0. The maximum absolute atomic E-state index is 12.7. The third-order valence-electron chi connectivity index (χ3n) is 5.80. The van der Waals surface area contributed by atoms with Crippen molar-refractivity contribution in [1.82, 2.24) is 5.43 Å². The van der Waals surface area contributed by atoms with Gasteiger partial charge in [0.2, 0.25) is 5.91 Å². The molecule has 0 saturated heterocycles. The molecule has 1 aliphatic carbocycles. The van der Waals surface area contributed by atoms with Gasteiger partial charge in [0, 0.05) is 11.5 Å². The zero-order valence-electron chi connectivity index (χ0n) is 18.0. The number of rotatable bonds is 6. The monoisotopic (exact) mass is 430 g/mol. The van der Waals surface area contributed by atoms with Crippen molar-refractivity contribution < 1.29 is 19.1 Å². The number of amides is 1. The predicted molar refractivity (Wildman–Crippen MR) is 124 cm³/mol. The topological polar surface area (TPSA) is 77.0 Å². The summed E-state index contributed by atoms with van der Waals surface area (Å²) in [6, 6.07) is 18.1. The molecule has 0 spiro atoms. The maximum atomic E-state index is 12.7. The number of esters is 1. The van der Waals surface area contributed by atoms with Gasteiger partial charge in [0.05, 0.1) is 18.9 Å². The number of hydrazone groups is 1. The standard InChI is InChI=1S/C26H26N2O4/c1-31-21-14-11-20(12-15-21)26(30)32-24-16-13-18-7-5-6-10-22(18)23(24)17-27-28-25(29)19-8-3-2-4-9-19/h5-7,10-17,19H,2-4,8-9H2,1H3,(H,28,29)/b27-17+. The quantitative estimate of drug-likeness (QED) is 0.256. The molecule has 6 heteroatoms. The number of carbonyl (C=O) groups is 2. The molecule has 3 aromatic rings. The summed E-state index contributed by atoms with van der Waals surface area (Å²) < 4.78 is 10.8. The molecule has 0 heterocycles. The van der Waals surface area contributed by atoms with E-state index in [1.807, 2.05) is 30.3 Å². The van der Waals surface area contributed by atoms with Gasteiger partial charge in [-0.3, -0.25) is 4.79 Å². The molecule has 0 radical (unpaired) electrons. The Morgan fingerprint density at radius 1 is 0.969 bits per heavy atom. The van der Waals surface area contributed by atoms with Crippen LogP contribution < -0.4 is 14.9 Å². The van der Waals surface area contributed by atoms with Crippen LogP contribution in [-0.2, 0) is 4.79 Å². The van der Waals surface area contributed by atoms with E-state index in [9.17, 15) is 9.59 Å². The van der Waals surface area contributed by atoms with Crippen LogP contribution in [0.4, 0.5) is 0 Å². The summed E-state index contributed by atoms with van der Waals surface area (Å²) in [4.78, 5) is 25.1. The zero-order valence-corrected chi connectivity index (χ0v) is 18.0. The zero-order chi connectivity index (χ0) is 22.3. The number of nitrogens with one attached hydrogen (secondary N) is 1. The SMILES string of the molecule is COc1ccc(C(=O)Oc2ccc3ccccc3c2/C=N/NC(=O)C2CCCCC2)cc1. The molecule has 6 nitrogen and oxygen atoms in total. The molecule has 1 N–H and O–H groups in total. The first-order chi connectivity index (χ1) is 15.7. The first-order valence-electron chi connectivity index (χ1n) is 10.9. The molecule has 164 valence electrons. The van der Waals surface area contributed by atoms with Gasteiger partial charge < -0.3 is 9.47 Å². The van der Waals surface area contributed by atoms with Crippen LogP contribution in [-0.4, -0.2) is 25.2 Å². The van der Waals surface area contributed by atoms with Gasteiger partial charge >= 0.3 is 5.97 Å². The minimum Gasteiger partial charge on any atom is -0.497 e. The van der Waals surface area contributed by atoms with Gasteiger partial charge in [0.1, 0.15) is 11.5 Å². The van der Waals surface area contributed by atoms with Crippen LogP contribution in [0.25, 0.3) is 10.8 Å². The van der Waals surface area contributed by atoms with Gasteiger partial charge in [-0.05, 0) is 53.9 Å². The number of ether oxygens (including phenoxy) is 2. The van der Waals surface area contributed by atoms with Crippen LogP contribution in [0.5, 0.6) is 11.5 Å². The summed E-state index contributed by atoms with van der Waals surface area (Å²) in [6.07, 6.45) is 6.71. The second-order valence-electron chi connectivity index (χ2n) is 7.89. The van der Waals surface area contributed by atoms with E-state index < -0.39 is 5.97 Å². The smallest absolute Gasteiger partial charge is 0.343 e. The highest BCUT2D eigenvalue weighted by molar-refractivity contribution is 6.04. The lowest BCUT2D eigenvalue weighted by Crippen LogP contribution is -2.28. The van der Waals surface area contributed by atoms with E-state index in [2.05, 4.69) is 10.5 Å². The van der Waals surface area contributed by atoms with Crippen LogP contribution in [0.2, 0.25) is 0 Å². The molecule has 3 aromatic carbocycles. The van der Waals surface area contributed by atoms with Crippen molar-refractivity contribution in [2.24, 2.45) is 11.0 Å². The number of benzene rings is 3. The average molecular weight is 431 g/mol. The lowest BCUT2D eigenvalue weighted by atomic mass is 9.89. The average Bonchev–Trinajstić information content (AvgIpc) is 2.85. The van der Waals surface area contributed by atoms with Crippen molar-refractivity contribution in [2.75, 3.05) is 7.11 Å². The molecule has 1 saturated carbocycles. The van der Waals surface area contributed by atoms with Crippen molar-refractivity contribution in [1.29, 1.82) is 0 Å². The molecule has 0 aromatic heterocycles. The normalized spacial score (nSPS) is 14.4. The Balaban J connectivity index is 1.57. The highest BCUT2D eigenvalue weighted by atomic mass is 16.5. The number of methoxy groups -OCH3 is 1. The van der Waals surface area contributed by atoms with Gasteiger partial charge in [0.15, 0.2) is 0 Å². The Kier molecular flexibility index (Phi) is 6.80. The molecule has 1 amide bonds. The summed E-state index contributed by atoms with van der Waals surface area (Å²) in [5.74, 6) is 0.511. The highest BCUT2D eigenvalue weighted by Crippen LogP contribution is 2.28. The molecule has 0 unspecified atom stereocenters. The van der Waals surface area contributed by atoms with Crippen LogP contribution in [0, 0.1) is 5.92 Å². The lowest BCUT2D eigenvalue weighted by Gasteiger charge is -2.19. The van der Waals surface area contributed by atoms with Gasteiger partial charge in [-0.2, -0.15) is 5.10 Å². The Bertz CT molecular complexity index is 1130. The van der Waals surface area contributed by atoms with Gasteiger partial charge in [-0.15, -0.1) is 0 Å². The molecule has 4 rings (SSSR count). The number of carbonyl (C=O) groups excluding carboxylic acids is 2. The van der Waals surface area contributed by atoms with E-state index in [4.69, 9.17) is 9.47 Å². The number of fused-ring (bicyclic) bond motifs is 1. The number of nitrogens with zero attached hydrogens (tertiary/aromatic N) is 1. The van der Waals surface area contributed by atoms with E-state index in [-0.39, 0.29) is 11.8 Å². The van der Waals surface area contributed by atoms with Gasteiger partial charge in [0.25, 0.3) is 0 Å². The first kappa shape index (κ1) is 21.6. The third kappa shape index (κ3) is 4.97. The van der Waals surface area contributed by atoms with E-state index >= 15 is 0 Å². The lowest BCUT2D eigenvalue weighted by molar-refractivity contribution is -0.125. The van der Waals surface area contributed by atoms with E-state index in [0.717, 1.165) is 36.5 Å². The molecular formula is C26H26N2O4. The molecule has 1 aliphatic rings. The fourth-order valence-electron chi connectivity index (χ4n) is 4.00. The van der Waals surface area contributed by atoms with Crippen molar-refractivity contribution in [2.45, 2.75) is 32.1 Å². The van der Waals surface area contributed by atoms with E-state index in [1.165, 1.54) is 6.42 Å². The molecule has 0 bridgehead atoms. The Morgan fingerprint density at radius 2 is 1.72 bits per heavy atom. The largest absolute Gasteiger partial charge is 0.497 e. The molecule has 0 aliphatic heterocycles. The van der Waals surface area contributed by atoms with Crippen molar-refractivity contribution in [3.8, 4) is 11.5 Å². The second-order valence-corrected chi connectivity index (χ2v) is 7.89. The molecule has 1 fully saturated rings.